The van der Waals surface area contributed by atoms with Gasteiger partial charge in [0.1, 0.15) is 11.9 Å². The highest BCUT2D eigenvalue weighted by atomic mass is 19.1. The number of carbonyl (C=O) groups is 2. The van der Waals surface area contributed by atoms with E-state index in [-0.39, 0.29) is 30.5 Å². The second kappa shape index (κ2) is 7.92. The number of amides is 2. The first-order valence-electron chi connectivity index (χ1n) is 7.61. The number of carbonyl (C=O) groups excluding carboxylic acids is 1. The molecule has 0 radical (unpaired) electrons. The summed E-state index contributed by atoms with van der Waals surface area (Å²) in [6.45, 7) is 3.03. The molecule has 0 bridgehead atoms. The van der Waals surface area contributed by atoms with Gasteiger partial charge < -0.3 is 20.1 Å². The lowest BCUT2D eigenvalue weighted by atomic mass is 10.1. The molecule has 1 aromatic carbocycles. The van der Waals surface area contributed by atoms with Gasteiger partial charge in [0.25, 0.3) is 0 Å². The molecule has 0 spiro atoms. The predicted molar refractivity (Wildman–Crippen MR) is 81.5 cm³/mol. The van der Waals surface area contributed by atoms with E-state index in [2.05, 4.69) is 5.32 Å². The SMILES string of the molecule is CC1CN(C(=O)NCCCC(=O)O)CC(c2ccc(F)cc2)O1. The van der Waals surface area contributed by atoms with Gasteiger partial charge in [-0.3, -0.25) is 4.79 Å². The molecule has 0 aliphatic carbocycles. The van der Waals surface area contributed by atoms with Crippen LogP contribution in [0.1, 0.15) is 31.4 Å². The summed E-state index contributed by atoms with van der Waals surface area (Å²) in [5, 5.41) is 11.3. The topological polar surface area (TPSA) is 78.9 Å². The molecule has 2 N–H and O–H groups in total. The molecule has 2 unspecified atom stereocenters. The molecular weight excluding hydrogens is 303 g/mol. The second-order valence-electron chi connectivity index (χ2n) is 5.62. The Hall–Kier alpha value is -2.15. The van der Waals surface area contributed by atoms with Crippen LogP contribution in [0.2, 0.25) is 0 Å². The molecule has 126 valence electrons. The Bertz CT molecular complexity index is 550. The van der Waals surface area contributed by atoms with E-state index in [1.54, 1.807) is 17.0 Å². The van der Waals surface area contributed by atoms with Gasteiger partial charge in [-0.2, -0.15) is 0 Å². The van der Waals surface area contributed by atoms with Crippen LogP contribution in [0.15, 0.2) is 24.3 Å². The van der Waals surface area contributed by atoms with Crippen molar-refractivity contribution >= 4 is 12.0 Å². The Labute approximate surface area is 134 Å². The number of morpholine rings is 1. The molecule has 7 heteroatoms. The van der Waals surface area contributed by atoms with Gasteiger partial charge in [0.05, 0.1) is 12.6 Å². The van der Waals surface area contributed by atoms with Crippen LogP contribution in [0.4, 0.5) is 9.18 Å². The largest absolute Gasteiger partial charge is 0.481 e. The molecule has 23 heavy (non-hydrogen) atoms. The first-order valence-corrected chi connectivity index (χ1v) is 7.61. The number of carboxylic acid groups (broad SMARTS) is 1. The summed E-state index contributed by atoms with van der Waals surface area (Å²) in [6.07, 6.45) is -0.0203. The molecule has 0 saturated carbocycles. The van der Waals surface area contributed by atoms with E-state index in [9.17, 15) is 14.0 Å². The van der Waals surface area contributed by atoms with Crippen LogP contribution in [-0.2, 0) is 9.53 Å². The van der Waals surface area contributed by atoms with Crippen molar-refractivity contribution in [2.24, 2.45) is 0 Å². The number of ether oxygens (including phenoxy) is 1. The van der Waals surface area contributed by atoms with E-state index in [1.165, 1.54) is 12.1 Å². The number of carboxylic acids is 1. The number of benzene rings is 1. The average molecular weight is 324 g/mol. The third kappa shape index (κ3) is 5.21. The predicted octanol–water partition coefficient (Wildman–Crippen LogP) is 2.16. The molecule has 2 amide bonds. The Morgan fingerprint density at radius 2 is 2.04 bits per heavy atom. The van der Waals surface area contributed by atoms with Crippen LogP contribution in [0.5, 0.6) is 0 Å². The van der Waals surface area contributed by atoms with Crippen molar-refractivity contribution in [3.63, 3.8) is 0 Å². The van der Waals surface area contributed by atoms with Gasteiger partial charge in [0.15, 0.2) is 0 Å². The van der Waals surface area contributed by atoms with Crippen LogP contribution in [0.3, 0.4) is 0 Å². The lowest BCUT2D eigenvalue weighted by Gasteiger charge is -2.37. The Morgan fingerprint density at radius 3 is 2.70 bits per heavy atom. The van der Waals surface area contributed by atoms with Crippen molar-refractivity contribution in [2.75, 3.05) is 19.6 Å². The number of nitrogens with one attached hydrogen (secondary N) is 1. The van der Waals surface area contributed by atoms with Crippen molar-refractivity contribution in [1.29, 1.82) is 0 Å². The number of hydrogen-bond donors (Lipinski definition) is 2. The lowest BCUT2D eigenvalue weighted by molar-refractivity contribution is -0.137. The van der Waals surface area contributed by atoms with Gasteiger partial charge in [0.2, 0.25) is 0 Å². The first kappa shape index (κ1) is 17.2. The maximum Gasteiger partial charge on any atom is 0.317 e. The number of aliphatic carboxylic acids is 1. The fourth-order valence-corrected chi connectivity index (χ4v) is 2.53. The zero-order valence-corrected chi connectivity index (χ0v) is 13.0. The van der Waals surface area contributed by atoms with Gasteiger partial charge in [-0.15, -0.1) is 0 Å². The molecule has 2 atom stereocenters. The van der Waals surface area contributed by atoms with Gasteiger partial charge in [-0.1, -0.05) is 12.1 Å². The van der Waals surface area contributed by atoms with Crippen LogP contribution >= 0.6 is 0 Å². The standard InChI is InChI=1S/C16H21FN2O4/c1-11-9-19(16(22)18-8-2-3-15(20)21)10-14(23-11)12-4-6-13(17)7-5-12/h4-7,11,14H,2-3,8-10H2,1H3,(H,18,22)(H,20,21). The van der Waals surface area contributed by atoms with E-state index in [0.717, 1.165) is 5.56 Å². The maximum atomic E-state index is 13.0. The minimum Gasteiger partial charge on any atom is -0.481 e. The molecule has 1 aliphatic heterocycles. The van der Waals surface area contributed by atoms with E-state index in [0.29, 0.717) is 26.1 Å². The molecule has 1 saturated heterocycles. The maximum absolute atomic E-state index is 13.0. The average Bonchev–Trinajstić information content (AvgIpc) is 2.51. The van der Waals surface area contributed by atoms with Crippen LogP contribution in [0.25, 0.3) is 0 Å². The zero-order valence-electron chi connectivity index (χ0n) is 13.0. The summed E-state index contributed by atoms with van der Waals surface area (Å²) in [5.74, 6) is -1.19. The summed E-state index contributed by atoms with van der Waals surface area (Å²) in [6, 6.07) is 5.81. The Kier molecular flexibility index (Phi) is 5.92. The van der Waals surface area contributed by atoms with E-state index < -0.39 is 5.97 Å². The normalized spacial score (nSPS) is 21.0. The third-order valence-electron chi connectivity index (χ3n) is 3.63. The Balaban J connectivity index is 1.90. The molecule has 1 fully saturated rings. The number of urea groups is 1. The van der Waals surface area contributed by atoms with Crippen molar-refractivity contribution < 1.29 is 23.8 Å². The third-order valence-corrected chi connectivity index (χ3v) is 3.63. The molecule has 1 aliphatic rings. The van der Waals surface area contributed by atoms with Gasteiger partial charge in [0, 0.05) is 19.5 Å². The quantitative estimate of drug-likeness (QED) is 0.814. The zero-order chi connectivity index (χ0) is 16.8. The summed E-state index contributed by atoms with van der Waals surface area (Å²) < 4.78 is 18.8. The van der Waals surface area contributed by atoms with Crippen molar-refractivity contribution in [3.8, 4) is 0 Å². The fourth-order valence-electron chi connectivity index (χ4n) is 2.53. The highest BCUT2D eigenvalue weighted by Crippen LogP contribution is 2.25. The van der Waals surface area contributed by atoms with Crippen molar-refractivity contribution in [1.82, 2.24) is 10.2 Å². The fraction of sp³-hybridized carbons (Fsp3) is 0.500. The highest BCUT2D eigenvalue weighted by molar-refractivity contribution is 5.74. The molecule has 0 aromatic heterocycles. The number of hydrogen-bond acceptors (Lipinski definition) is 3. The van der Waals surface area contributed by atoms with E-state index in [1.807, 2.05) is 6.92 Å². The minimum absolute atomic E-state index is 0.0258. The Morgan fingerprint density at radius 1 is 1.35 bits per heavy atom. The minimum atomic E-state index is -0.879. The molecule has 6 nitrogen and oxygen atoms in total. The molecular formula is C16H21FN2O4. The van der Waals surface area contributed by atoms with Crippen LogP contribution in [0, 0.1) is 5.82 Å². The first-order chi connectivity index (χ1) is 11.0. The van der Waals surface area contributed by atoms with Gasteiger partial charge in [-0.05, 0) is 31.0 Å². The van der Waals surface area contributed by atoms with Crippen LogP contribution in [-0.4, -0.2) is 47.7 Å². The summed E-state index contributed by atoms with van der Waals surface area (Å²) in [7, 11) is 0. The lowest BCUT2D eigenvalue weighted by Crippen LogP contribution is -2.50. The summed E-state index contributed by atoms with van der Waals surface area (Å²) in [5.41, 5.74) is 0.821. The van der Waals surface area contributed by atoms with E-state index in [4.69, 9.17) is 9.84 Å². The number of nitrogens with zero attached hydrogens (tertiary/aromatic N) is 1. The van der Waals surface area contributed by atoms with E-state index >= 15 is 0 Å². The van der Waals surface area contributed by atoms with Gasteiger partial charge in [-0.25, -0.2) is 9.18 Å². The van der Waals surface area contributed by atoms with Crippen molar-refractivity contribution in [2.45, 2.75) is 32.0 Å². The summed E-state index contributed by atoms with van der Waals surface area (Å²) in [4.78, 5) is 24.3. The van der Waals surface area contributed by atoms with Gasteiger partial charge >= 0.3 is 12.0 Å². The highest BCUT2D eigenvalue weighted by Gasteiger charge is 2.29. The molecule has 1 aromatic rings. The monoisotopic (exact) mass is 324 g/mol. The number of halogens is 1. The van der Waals surface area contributed by atoms with Crippen molar-refractivity contribution in [3.05, 3.63) is 35.6 Å². The molecule has 1 heterocycles. The summed E-state index contributed by atoms with van der Waals surface area (Å²) >= 11 is 0. The molecule has 2 rings (SSSR count). The number of rotatable bonds is 5. The second-order valence-corrected chi connectivity index (χ2v) is 5.62. The smallest absolute Gasteiger partial charge is 0.317 e. The van der Waals surface area contributed by atoms with Crippen LogP contribution < -0.4 is 5.32 Å².